The first-order valence-corrected chi connectivity index (χ1v) is 7.82. The van der Waals surface area contributed by atoms with E-state index < -0.39 is 23.1 Å². The summed E-state index contributed by atoms with van der Waals surface area (Å²) in [4.78, 5) is 35.4. The van der Waals surface area contributed by atoms with Crippen LogP contribution in [-0.2, 0) is 9.53 Å². The summed E-state index contributed by atoms with van der Waals surface area (Å²) in [5.41, 5.74) is 0.814. The zero-order chi connectivity index (χ0) is 18.8. The molecule has 0 bridgehead atoms. The number of hydrogen-bond acceptors (Lipinski definition) is 6. The maximum Gasteiger partial charge on any atom is 0.334 e. The third-order valence-electron chi connectivity index (χ3n) is 3.98. The van der Waals surface area contributed by atoms with Gasteiger partial charge in [-0.05, 0) is 19.1 Å². The number of rotatable bonds is 4. The van der Waals surface area contributed by atoms with Crippen molar-refractivity contribution in [2.45, 2.75) is 19.1 Å². The average molecular weight is 360 g/mol. The molecule has 1 fully saturated rings. The van der Waals surface area contributed by atoms with E-state index in [-0.39, 0.29) is 24.7 Å². The molecule has 1 unspecified atom stereocenters. The first kappa shape index (κ1) is 17.5. The molecule has 1 amide bonds. The van der Waals surface area contributed by atoms with Gasteiger partial charge in [0.25, 0.3) is 11.6 Å². The van der Waals surface area contributed by atoms with Crippen LogP contribution in [0.25, 0.3) is 5.69 Å². The summed E-state index contributed by atoms with van der Waals surface area (Å²) in [6.45, 7) is 1.95. The Kier molecular flexibility index (Phi) is 4.67. The summed E-state index contributed by atoms with van der Waals surface area (Å²) >= 11 is 0. The summed E-state index contributed by atoms with van der Waals surface area (Å²) < 4.78 is 6.73. The Labute approximate surface area is 147 Å². The fraction of sp³-hybridized carbons (Fsp3) is 0.312. The number of carboxylic acid groups (broad SMARTS) is 1. The maximum atomic E-state index is 12.6. The van der Waals surface area contributed by atoms with Crippen LogP contribution in [0.1, 0.15) is 17.3 Å². The van der Waals surface area contributed by atoms with Crippen LogP contribution in [0, 0.1) is 10.1 Å². The fourth-order valence-corrected chi connectivity index (χ4v) is 2.74. The molecule has 0 spiro atoms. The maximum absolute atomic E-state index is 12.6. The Balaban J connectivity index is 1.77. The number of hydrogen-bond donors (Lipinski definition) is 1. The molecular formula is C16H16N4O6. The zero-order valence-corrected chi connectivity index (χ0v) is 13.8. The van der Waals surface area contributed by atoms with Gasteiger partial charge in [-0.1, -0.05) is 0 Å². The molecule has 2 aromatic rings. The van der Waals surface area contributed by atoms with E-state index in [1.807, 2.05) is 0 Å². The standard InChI is InChI=1S/C16H16N4O6/c1-10-7-18(9-14(26-10)16(22)23)15(21)11-6-17-19(8-11)12-2-4-13(5-3-12)20(24)25/h2-6,8,10,14H,7,9H2,1H3,(H,22,23)/t10-,14?/m1/s1. The van der Waals surface area contributed by atoms with Gasteiger partial charge in [0.15, 0.2) is 6.10 Å². The highest BCUT2D eigenvalue weighted by molar-refractivity contribution is 5.94. The van der Waals surface area contributed by atoms with E-state index in [4.69, 9.17) is 9.84 Å². The Morgan fingerprint density at radius 1 is 1.31 bits per heavy atom. The molecule has 136 valence electrons. The van der Waals surface area contributed by atoms with Gasteiger partial charge in [0.2, 0.25) is 0 Å². The van der Waals surface area contributed by atoms with Gasteiger partial charge in [0.1, 0.15) is 0 Å². The van der Waals surface area contributed by atoms with E-state index in [1.165, 1.54) is 46.2 Å². The molecule has 10 nitrogen and oxygen atoms in total. The van der Waals surface area contributed by atoms with Gasteiger partial charge in [-0.3, -0.25) is 14.9 Å². The number of amides is 1. The summed E-state index contributed by atoms with van der Waals surface area (Å²) in [5, 5.41) is 23.9. The molecule has 10 heteroatoms. The van der Waals surface area contributed by atoms with Crippen molar-refractivity contribution in [3.8, 4) is 5.69 Å². The van der Waals surface area contributed by atoms with Crippen molar-refractivity contribution in [3.05, 3.63) is 52.3 Å². The number of aromatic nitrogens is 2. The molecular weight excluding hydrogens is 344 g/mol. The SMILES string of the molecule is C[C@@H]1CN(C(=O)c2cnn(-c3ccc([N+](=O)[O-])cc3)c2)CC(C(=O)O)O1. The van der Waals surface area contributed by atoms with Crippen molar-refractivity contribution in [1.82, 2.24) is 14.7 Å². The topological polar surface area (TPSA) is 128 Å². The number of ether oxygens (including phenoxy) is 1. The number of nitro groups is 1. The third-order valence-corrected chi connectivity index (χ3v) is 3.98. The number of carbonyl (C=O) groups excluding carboxylic acids is 1. The highest BCUT2D eigenvalue weighted by Crippen LogP contribution is 2.18. The summed E-state index contributed by atoms with van der Waals surface area (Å²) in [6, 6.07) is 5.74. The van der Waals surface area contributed by atoms with Crippen molar-refractivity contribution in [2.75, 3.05) is 13.1 Å². The van der Waals surface area contributed by atoms with E-state index in [2.05, 4.69) is 5.10 Å². The molecule has 3 rings (SSSR count). The highest BCUT2D eigenvalue weighted by atomic mass is 16.6. The van der Waals surface area contributed by atoms with Gasteiger partial charge in [-0.25, -0.2) is 9.48 Å². The van der Waals surface area contributed by atoms with Gasteiger partial charge < -0.3 is 14.7 Å². The Hall–Kier alpha value is -3.27. The largest absolute Gasteiger partial charge is 0.479 e. The minimum Gasteiger partial charge on any atom is -0.479 e. The van der Waals surface area contributed by atoms with Crippen LogP contribution >= 0.6 is 0 Å². The van der Waals surface area contributed by atoms with Gasteiger partial charge in [0, 0.05) is 24.9 Å². The minimum atomic E-state index is -1.11. The van der Waals surface area contributed by atoms with Crippen LogP contribution in [0.15, 0.2) is 36.7 Å². The summed E-state index contributed by atoms with van der Waals surface area (Å²) in [6.07, 6.45) is 1.42. The van der Waals surface area contributed by atoms with E-state index in [1.54, 1.807) is 6.92 Å². The van der Waals surface area contributed by atoms with Crippen LogP contribution in [0.4, 0.5) is 5.69 Å². The molecule has 1 saturated heterocycles. The van der Waals surface area contributed by atoms with Gasteiger partial charge >= 0.3 is 5.97 Å². The number of carboxylic acids is 1. The van der Waals surface area contributed by atoms with Gasteiger partial charge in [0.05, 0.1) is 35.0 Å². The van der Waals surface area contributed by atoms with Gasteiger partial charge in [-0.2, -0.15) is 5.10 Å². The van der Waals surface area contributed by atoms with Crippen LogP contribution < -0.4 is 0 Å². The molecule has 1 N–H and O–H groups in total. The molecule has 2 heterocycles. The number of nitrogens with zero attached hydrogens (tertiary/aromatic N) is 4. The number of nitro benzene ring substituents is 1. The quantitative estimate of drug-likeness (QED) is 0.638. The van der Waals surface area contributed by atoms with E-state index in [0.717, 1.165) is 0 Å². The van der Waals surface area contributed by atoms with Crippen molar-refractivity contribution in [3.63, 3.8) is 0 Å². The number of carbonyl (C=O) groups is 2. The van der Waals surface area contributed by atoms with Crippen molar-refractivity contribution in [2.24, 2.45) is 0 Å². The lowest BCUT2D eigenvalue weighted by Crippen LogP contribution is -2.51. The lowest BCUT2D eigenvalue weighted by atomic mass is 10.2. The van der Waals surface area contributed by atoms with Crippen LogP contribution in [0.2, 0.25) is 0 Å². The number of morpholine rings is 1. The second-order valence-corrected chi connectivity index (χ2v) is 5.93. The molecule has 2 atom stereocenters. The van der Waals surface area contributed by atoms with E-state index >= 15 is 0 Å². The molecule has 1 aliphatic heterocycles. The average Bonchev–Trinajstić information content (AvgIpc) is 3.10. The Morgan fingerprint density at radius 3 is 2.62 bits per heavy atom. The molecule has 0 aliphatic carbocycles. The van der Waals surface area contributed by atoms with Crippen molar-refractivity contribution < 1.29 is 24.4 Å². The molecule has 1 aromatic heterocycles. The van der Waals surface area contributed by atoms with E-state index in [0.29, 0.717) is 11.3 Å². The first-order valence-electron chi connectivity index (χ1n) is 7.82. The smallest absolute Gasteiger partial charge is 0.334 e. The number of aliphatic carboxylic acids is 1. The molecule has 1 aromatic carbocycles. The molecule has 0 radical (unpaired) electrons. The number of non-ortho nitro benzene ring substituents is 1. The lowest BCUT2D eigenvalue weighted by molar-refractivity contribution is -0.384. The molecule has 1 aliphatic rings. The molecule has 0 saturated carbocycles. The monoisotopic (exact) mass is 360 g/mol. The first-order chi connectivity index (χ1) is 12.3. The van der Waals surface area contributed by atoms with Crippen LogP contribution in [0.3, 0.4) is 0 Å². The highest BCUT2D eigenvalue weighted by Gasteiger charge is 2.33. The molecule has 26 heavy (non-hydrogen) atoms. The van der Waals surface area contributed by atoms with Crippen molar-refractivity contribution >= 4 is 17.6 Å². The zero-order valence-electron chi connectivity index (χ0n) is 13.8. The van der Waals surface area contributed by atoms with Crippen molar-refractivity contribution in [1.29, 1.82) is 0 Å². The Bertz CT molecular complexity index is 847. The third kappa shape index (κ3) is 3.54. The predicted octanol–water partition coefficient (Wildman–Crippen LogP) is 1.09. The minimum absolute atomic E-state index is 0.0405. The lowest BCUT2D eigenvalue weighted by Gasteiger charge is -2.34. The second kappa shape index (κ2) is 6.92. The number of benzene rings is 1. The van der Waals surface area contributed by atoms with Crippen LogP contribution in [-0.4, -0.2) is 61.9 Å². The van der Waals surface area contributed by atoms with E-state index in [9.17, 15) is 19.7 Å². The second-order valence-electron chi connectivity index (χ2n) is 5.93. The normalized spacial score (nSPS) is 20.0. The van der Waals surface area contributed by atoms with Gasteiger partial charge in [-0.15, -0.1) is 0 Å². The van der Waals surface area contributed by atoms with Crippen LogP contribution in [0.5, 0.6) is 0 Å². The fourth-order valence-electron chi connectivity index (χ4n) is 2.74. The predicted molar refractivity (Wildman–Crippen MR) is 88.1 cm³/mol. The summed E-state index contributed by atoms with van der Waals surface area (Å²) in [7, 11) is 0. The Morgan fingerprint density at radius 2 is 2.00 bits per heavy atom. The summed E-state index contributed by atoms with van der Waals surface area (Å²) in [5.74, 6) is -1.46.